The number of nitrogens with one attached hydrogen (secondary N) is 2. The topological polar surface area (TPSA) is 78.4 Å². The van der Waals surface area contributed by atoms with Crippen LogP contribution in [0.25, 0.3) is 0 Å². The second-order valence-electron chi connectivity index (χ2n) is 3.55. The summed E-state index contributed by atoms with van der Waals surface area (Å²) in [6.45, 7) is 7.38. The molecule has 0 spiro atoms. The number of carboxylic acid groups (broad SMARTS) is 1. The molecule has 0 bridgehead atoms. The summed E-state index contributed by atoms with van der Waals surface area (Å²) >= 11 is 0. The smallest absolute Gasteiger partial charge is 0.326 e. The number of urea groups is 1. The Hall–Kier alpha value is -1.52. The monoisotopic (exact) mass is 228 g/mol. The summed E-state index contributed by atoms with van der Waals surface area (Å²) in [5.41, 5.74) is 0. The summed E-state index contributed by atoms with van der Waals surface area (Å²) in [5.74, 6) is -1.06. The van der Waals surface area contributed by atoms with Crippen LogP contribution in [0.2, 0.25) is 0 Å². The second kappa shape index (κ2) is 7.73. The Kier molecular flexibility index (Phi) is 7.00. The second-order valence-corrected chi connectivity index (χ2v) is 3.55. The number of carbonyl (C=O) groups excluding carboxylic acids is 1. The van der Waals surface area contributed by atoms with Crippen molar-refractivity contribution in [3.63, 3.8) is 0 Å². The maximum atomic E-state index is 11.4. The molecule has 0 fully saturated rings. The molecule has 92 valence electrons. The number of carbonyl (C=O) groups is 2. The highest BCUT2D eigenvalue weighted by atomic mass is 16.4. The average Bonchev–Trinajstić information content (AvgIpc) is 2.25. The minimum absolute atomic E-state index is 0.0816. The van der Waals surface area contributed by atoms with E-state index in [0.717, 1.165) is 12.8 Å². The summed E-state index contributed by atoms with van der Waals surface area (Å²) in [6, 6.07) is -1.27. The molecule has 0 rings (SSSR count). The molecule has 0 aliphatic heterocycles. The van der Waals surface area contributed by atoms with Gasteiger partial charge in [-0.15, -0.1) is 6.58 Å². The molecule has 2 amide bonds. The Bertz CT molecular complexity index is 250. The van der Waals surface area contributed by atoms with E-state index in [1.165, 1.54) is 6.08 Å². The van der Waals surface area contributed by atoms with Gasteiger partial charge in [-0.25, -0.2) is 9.59 Å². The summed E-state index contributed by atoms with van der Waals surface area (Å²) in [5, 5.41) is 13.9. The van der Waals surface area contributed by atoms with Crippen LogP contribution in [0.4, 0.5) is 4.79 Å². The first-order valence-electron chi connectivity index (χ1n) is 5.45. The number of hydrogen-bond acceptors (Lipinski definition) is 2. The highest BCUT2D eigenvalue weighted by Gasteiger charge is 2.18. The fraction of sp³-hybridized carbons (Fsp3) is 0.636. The standard InChI is InChI=1S/C11H20N2O3/c1-4-7-9(10(14)15)13-11(16)12-8(5-2)6-3/h4,8-9H,1,5-7H2,2-3H3,(H,14,15)(H2,12,13,16). The van der Waals surface area contributed by atoms with E-state index in [0.29, 0.717) is 0 Å². The molecule has 0 aliphatic rings. The van der Waals surface area contributed by atoms with E-state index in [1.807, 2.05) is 13.8 Å². The minimum atomic E-state index is -1.06. The van der Waals surface area contributed by atoms with Gasteiger partial charge in [0, 0.05) is 6.04 Å². The lowest BCUT2D eigenvalue weighted by molar-refractivity contribution is -0.139. The quantitative estimate of drug-likeness (QED) is 0.578. The first-order valence-corrected chi connectivity index (χ1v) is 5.45. The van der Waals surface area contributed by atoms with Crippen LogP contribution in [-0.2, 0) is 4.79 Å². The largest absolute Gasteiger partial charge is 0.480 e. The predicted octanol–water partition coefficient (Wildman–Crippen LogP) is 1.50. The fourth-order valence-electron chi connectivity index (χ4n) is 1.27. The lowest BCUT2D eigenvalue weighted by Crippen LogP contribution is -2.48. The Morgan fingerprint density at radius 2 is 1.88 bits per heavy atom. The summed E-state index contributed by atoms with van der Waals surface area (Å²) in [4.78, 5) is 22.2. The third-order valence-electron chi connectivity index (χ3n) is 2.33. The summed E-state index contributed by atoms with van der Waals surface area (Å²) in [7, 11) is 0. The highest BCUT2D eigenvalue weighted by molar-refractivity contribution is 5.82. The highest BCUT2D eigenvalue weighted by Crippen LogP contribution is 1.97. The van der Waals surface area contributed by atoms with Gasteiger partial charge in [0.15, 0.2) is 0 Å². The summed E-state index contributed by atoms with van der Waals surface area (Å²) in [6.07, 6.45) is 3.33. The zero-order valence-electron chi connectivity index (χ0n) is 9.82. The van der Waals surface area contributed by atoms with Crippen LogP contribution in [-0.4, -0.2) is 29.2 Å². The van der Waals surface area contributed by atoms with E-state index in [-0.39, 0.29) is 12.5 Å². The van der Waals surface area contributed by atoms with E-state index >= 15 is 0 Å². The van der Waals surface area contributed by atoms with Crippen molar-refractivity contribution >= 4 is 12.0 Å². The molecule has 3 N–H and O–H groups in total. The Labute approximate surface area is 95.9 Å². The van der Waals surface area contributed by atoms with Crippen molar-refractivity contribution in [3.05, 3.63) is 12.7 Å². The van der Waals surface area contributed by atoms with Crippen LogP contribution in [0.15, 0.2) is 12.7 Å². The molecule has 0 radical (unpaired) electrons. The van der Waals surface area contributed by atoms with Gasteiger partial charge in [0.25, 0.3) is 0 Å². The van der Waals surface area contributed by atoms with E-state index in [9.17, 15) is 9.59 Å². The molecule has 0 aromatic carbocycles. The van der Waals surface area contributed by atoms with Gasteiger partial charge >= 0.3 is 12.0 Å². The third-order valence-corrected chi connectivity index (χ3v) is 2.33. The van der Waals surface area contributed by atoms with Crippen molar-refractivity contribution in [3.8, 4) is 0 Å². The predicted molar refractivity (Wildman–Crippen MR) is 62.3 cm³/mol. The summed E-state index contributed by atoms with van der Waals surface area (Å²) < 4.78 is 0. The van der Waals surface area contributed by atoms with E-state index < -0.39 is 18.0 Å². The molecule has 1 atom stereocenters. The lowest BCUT2D eigenvalue weighted by atomic mass is 10.2. The molecule has 0 heterocycles. The van der Waals surface area contributed by atoms with Crippen LogP contribution in [0.3, 0.4) is 0 Å². The van der Waals surface area contributed by atoms with E-state index in [1.54, 1.807) is 0 Å². The zero-order valence-corrected chi connectivity index (χ0v) is 9.82. The number of hydrogen-bond donors (Lipinski definition) is 3. The van der Waals surface area contributed by atoms with Gasteiger partial charge in [0.2, 0.25) is 0 Å². The number of rotatable bonds is 7. The third kappa shape index (κ3) is 5.38. The van der Waals surface area contributed by atoms with Gasteiger partial charge in [0.1, 0.15) is 6.04 Å². The van der Waals surface area contributed by atoms with Gasteiger partial charge in [-0.05, 0) is 19.3 Å². The molecule has 5 heteroatoms. The van der Waals surface area contributed by atoms with Crippen LogP contribution in [0.1, 0.15) is 33.1 Å². The normalized spacial score (nSPS) is 11.9. The van der Waals surface area contributed by atoms with Crippen molar-refractivity contribution in [2.24, 2.45) is 0 Å². The molecular weight excluding hydrogens is 208 g/mol. The van der Waals surface area contributed by atoms with Crippen LogP contribution < -0.4 is 10.6 Å². The average molecular weight is 228 g/mol. The van der Waals surface area contributed by atoms with E-state index in [2.05, 4.69) is 17.2 Å². The van der Waals surface area contributed by atoms with Gasteiger partial charge in [0.05, 0.1) is 0 Å². The van der Waals surface area contributed by atoms with Gasteiger partial charge in [-0.2, -0.15) is 0 Å². The molecule has 0 aromatic rings. The van der Waals surface area contributed by atoms with Gasteiger partial charge in [-0.1, -0.05) is 19.9 Å². The molecule has 0 aromatic heterocycles. The molecular formula is C11H20N2O3. The molecule has 0 saturated heterocycles. The Morgan fingerprint density at radius 3 is 2.25 bits per heavy atom. The van der Waals surface area contributed by atoms with Crippen molar-refractivity contribution in [1.82, 2.24) is 10.6 Å². The fourth-order valence-corrected chi connectivity index (χ4v) is 1.27. The van der Waals surface area contributed by atoms with Crippen LogP contribution >= 0.6 is 0 Å². The first kappa shape index (κ1) is 14.5. The first-order chi connectivity index (χ1) is 7.54. The van der Waals surface area contributed by atoms with Crippen molar-refractivity contribution in [2.75, 3.05) is 0 Å². The minimum Gasteiger partial charge on any atom is -0.480 e. The molecule has 0 saturated carbocycles. The van der Waals surface area contributed by atoms with Gasteiger partial charge < -0.3 is 15.7 Å². The molecule has 5 nitrogen and oxygen atoms in total. The lowest BCUT2D eigenvalue weighted by Gasteiger charge is -2.18. The maximum Gasteiger partial charge on any atom is 0.326 e. The Balaban J connectivity index is 4.18. The maximum absolute atomic E-state index is 11.4. The van der Waals surface area contributed by atoms with Crippen molar-refractivity contribution < 1.29 is 14.7 Å². The van der Waals surface area contributed by atoms with Crippen molar-refractivity contribution in [1.29, 1.82) is 0 Å². The molecule has 1 unspecified atom stereocenters. The number of carboxylic acids is 1. The van der Waals surface area contributed by atoms with Gasteiger partial charge in [-0.3, -0.25) is 0 Å². The Morgan fingerprint density at radius 1 is 1.31 bits per heavy atom. The zero-order chi connectivity index (χ0) is 12.6. The number of aliphatic carboxylic acids is 1. The number of amides is 2. The van der Waals surface area contributed by atoms with Crippen LogP contribution in [0.5, 0.6) is 0 Å². The van der Waals surface area contributed by atoms with Crippen LogP contribution in [0, 0.1) is 0 Å². The van der Waals surface area contributed by atoms with E-state index in [4.69, 9.17) is 5.11 Å². The molecule has 16 heavy (non-hydrogen) atoms. The molecule has 0 aliphatic carbocycles. The van der Waals surface area contributed by atoms with Crippen molar-refractivity contribution in [2.45, 2.75) is 45.2 Å². The SMILES string of the molecule is C=CCC(NC(=O)NC(CC)CC)C(=O)O.